The molecule has 4 N–H and O–H groups in total. The number of rotatable bonds is 23. The summed E-state index contributed by atoms with van der Waals surface area (Å²) in [6.45, 7) is 2.05. The van der Waals surface area contributed by atoms with Crippen molar-refractivity contribution in [1.29, 1.82) is 0 Å². The van der Waals surface area contributed by atoms with E-state index in [1.165, 1.54) is 64.2 Å². The lowest BCUT2D eigenvalue weighted by atomic mass is 10.1. The maximum atomic E-state index is 10.4. The lowest BCUT2D eigenvalue weighted by Crippen LogP contribution is -2.33. The minimum absolute atomic E-state index is 0.314. The van der Waals surface area contributed by atoms with E-state index in [0.717, 1.165) is 51.6 Å². The fourth-order valence-corrected chi connectivity index (χ4v) is 3.28. The predicted octanol–water partition coefficient (Wildman–Crippen LogP) is 5.27. The topological polar surface area (TPSA) is 98.7 Å². The predicted molar refractivity (Wildman–Crippen MR) is 114 cm³/mol. The number of aliphatic carboxylic acids is 2. The molecule has 0 aliphatic carbocycles. The molecule has 0 aromatic heterocycles. The third-order valence-corrected chi connectivity index (χ3v) is 5.01. The summed E-state index contributed by atoms with van der Waals surface area (Å²) in [5, 5.41) is 17.1. The van der Waals surface area contributed by atoms with Gasteiger partial charge in [0.2, 0.25) is 0 Å². The number of hydrazine groups is 1. The van der Waals surface area contributed by atoms with Crippen LogP contribution in [0, 0.1) is 0 Å². The van der Waals surface area contributed by atoms with Crippen molar-refractivity contribution in [2.75, 3.05) is 13.1 Å². The molecule has 0 aromatic carbocycles. The Morgan fingerprint density at radius 1 is 0.429 bits per heavy atom. The molecule has 6 nitrogen and oxygen atoms in total. The van der Waals surface area contributed by atoms with E-state index in [0.29, 0.717) is 12.8 Å². The Morgan fingerprint density at radius 3 is 0.964 bits per heavy atom. The molecule has 0 fully saturated rings. The Balaban J connectivity index is 3.01. The van der Waals surface area contributed by atoms with E-state index in [1.54, 1.807) is 0 Å². The van der Waals surface area contributed by atoms with Gasteiger partial charge in [-0.3, -0.25) is 20.4 Å². The van der Waals surface area contributed by atoms with Gasteiger partial charge in [0.05, 0.1) is 0 Å². The van der Waals surface area contributed by atoms with Crippen molar-refractivity contribution >= 4 is 11.9 Å². The molecule has 0 radical (unpaired) electrons. The molecule has 0 bridgehead atoms. The largest absolute Gasteiger partial charge is 0.481 e. The van der Waals surface area contributed by atoms with Crippen LogP contribution in [0.5, 0.6) is 0 Å². The molecule has 0 atom stereocenters. The molecule has 0 aliphatic heterocycles. The first-order chi connectivity index (χ1) is 13.6. The summed E-state index contributed by atoms with van der Waals surface area (Å²) in [5.74, 6) is -1.36. The van der Waals surface area contributed by atoms with E-state index in [4.69, 9.17) is 10.2 Å². The minimum Gasteiger partial charge on any atom is -0.481 e. The van der Waals surface area contributed by atoms with E-state index >= 15 is 0 Å². The maximum Gasteiger partial charge on any atom is 0.303 e. The molecule has 28 heavy (non-hydrogen) atoms. The van der Waals surface area contributed by atoms with E-state index in [1.807, 2.05) is 0 Å². The number of hydrogen-bond acceptors (Lipinski definition) is 4. The molecule has 0 aromatic rings. The van der Waals surface area contributed by atoms with Crippen LogP contribution < -0.4 is 10.9 Å². The molecule has 0 saturated carbocycles. The van der Waals surface area contributed by atoms with Gasteiger partial charge in [-0.2, -0.15) is 0 Å². The number of unbranched alkanes of at least 4 members (excludes halogenated alkanes) is 14. The van der Waals surface area contributed by atoms with Crippen LogP contribution in [0.25, 0.3) is 0 Å². The van der Waals surface area contributed by atoms with Gasteiger partial charge in [0.15, 0.2) is 0 Å². The quantitative estimate of drug-likeness (QED) is 0.138. The van der Waals surface area contributed by atoms with Gasteiger partial charge >= 0.3 is 11.9 Å². The number of carboxylic acids is 2. The van der Waals surface area contributed by atoms with Crippen LogP contribution in [-0.4, -0.2) is 35.2 Å². The first kappa shape index (κ1) is 26.9. The van der Waals surface area contributed by atoms with Gasteiger partial charge in [0.1, 0.15) is 0 Å². The second-order valence-electron chi connectivity index (χ2n) is 7.80. The van der Waals surface area contributed by atoms with Gasteiger partial charge < -0.3 is 10.2 Å². The molecule has 0 rings (SSSR count). The Labute approximate surface area is 171 Å². The summed E-state index contributed by atoms with van der Waals surface area (Å²) in [4.78, 5) is 20.8. The van der Waals surface area contributed by atoms with Crippen molar-refractivity contribution in [2.45, 2.75) is 116 Å². The second kappa shape index (κ2) is 22.2. The number of nitrogens with one attached hydrogen (secondary N) is 2. The molecule has 0 aliphatic rings. The molecule has 0 saturated heterocycles. The molecule has 0 heterocycles. The lowest BCUT2D eigenvalue weighted by Gasteiger charge is -2.07. The highest BCUT2D eigenvalue weighted by molar-refractivity contribution is 5.66. The van der Waals surface area contributed by atoms with Gasteiger partial charge in [-0.15, -0.1) is 0 Å². The van der Waals surface area contributed by atoms with Gasteiger partial charge in [-0.25, -0.2) is 0 Å². The van der Waals surface area contributed by atoms with Crippen LogP contribution in [0.3, 0.4) is 0 Å². The Bertz CT molecular complexity index is 330. The highest BCUT2D eigenvalue weighted by atomic mass is 16.4. The summed E-state index contributed by atoms with van der Waals surface area (Å²) in [6.07, 6.45) is 19.1. The summed E-state index contributed by atoms with van der Waals surface area (Å²) < 4.78 is 0. The third-order valence-electron chi connectivity index (χ3n) is 5.01. The molecule has 0 unspecified atom stereocenters. The van der Waals surface area contributed by atoms with Crippen LogP contribution in [0.4, 0.5) is 0 Å². The smallest absolute Gasteiger partial charge is 0.303 e. The monoisotopic (exact) mass is 400 g/mol. The molecule has 0 amide bonds. The van der Waals surface area contributed by atoms with Gasteiger partial charge in [-0.1, -0.05) is 77.0 Å². The maximum absolute atomic E-state index is 10.4. The van der Waals surface area contributed by atoms with Crippen LogP contribution >= 0.6 is 0 Å². The SMILES string of the molecule is O=C(O)CCCCCCCCCCNNCCCCCCCCCCC(=O)O. The lowest BCUT2D eigenvalue weighted by molar-refractivity contribution is -0.138. The average molecular weight is 401 g/mol. The van der Waals surface area contributed by atoms with Crippen LogP contribution in [-0.2, 0) is 9.59 Å². The molecule has 166 valence electrons. The first-order valence-electron chi connectivity index (χ1n) is 11.5. The molecular formula is C22H44N2O4. The van der Waals surface area contributed by atoms with E-state index in [-0.39, 0.29) is 0 Å². The van der Waals surface area contributed by atoms with Gasteiger partial charge in [-0.05, 0) is 25.7 Å². The Kier molecular flexibility index (Phi) is 21.3. The number of carbonyl (C=O) groups is 2. The third kappa shape index (κ3) is 24.9. The summed E-state index contributed by atoms with van der Waals surface area (Å²) in [6, 6.07) is 0. The van der Waals surface area contributed by atoms with Crippen LogP contribution in [0.1, 0.15) is 116 Å². The Morgan fingerprint density at radius 2 is 0.679 bits per heavy atom. The van der Waals surface area contributed by atoms with Crippen LogP contribution in [0.15, 0.2) is 0 Å². The number of hydrogen-bond donors (Lipinski definition) is 4. The zero-order valence-corrected chi connectivity index (χ0v) is 17.9. The van der Waals surface area contributed by atoms with Crippen LogP contribution in [0.2, 0.25) is 0 Å². The van der Waals surface area contributed by atoms with Crippen molar-refractivity contribution in [3.63, 3.8) is 0 Å². The summed E-state index contributed by atoms with van der Waals surface area (Å²) in [7, 11) is 0. The summed E-state index contributed by atoms with van der Waals surface area (Å²) >= 11 is 0. The molecule has 6 heteroatoms. The zero-order chi connectivity index (χ0) is 20.7. The fourth-order valence-electron chi connectivity index (χ4n) is 3.28. The minimum atomic E-state index is -0.678. The Hall–Kier alpha value is -1.14. The second-order valence-corrected chi connectivity index (χ2v) is 7.80. The van der Waals surface area contributed by atoms with Crippen molar-refractivity contribution in [1.82, 2.24) is 10.9 Å². The van der Waals surface area contributed by atoms with E-state index in [9.17, 15) is 9.59 Å². The van der Waals surface area contributed by atoms with Crippen molar-refractivity contribution in [3.8, 4) is 0 Å². The first-order valence-corrected chi connectivity index (χ1v) is 11.5. The average Bonchev–Trinajstić information content (AvgIpc) is 2.65. The molecular weight excluding hydrogens is 356 g/mol. The van der Waals surface area contributed by atoms with Gasteiger partial charge in [0, 0.05) is 25.9 Å². The summed E-state index contributed by atoms with van der Waals surface area (Å²) in [5.41, 5.74) is 6.59. The van der Waals surface area contributed by atoms with Gasteiger partial charge in [0.25, 0.3) is 0 Å². The van der Waals surface area contributed by atoms with Crippen molar-refractivity contribution < 1.29 is 19.8 Å². The van der Waals surface area contributed by atoms with Crippen molar-refractivity contribution in [3.05, 3.63) is 0 Å². The highest BCUT2D eigenvalue weighted by Crippen LogP contribution is 2.10. The van der Waals surface area contributed by atoms with E-state index < -0.39 is 11.9 Å². The zero-order valence-electron chi connectivity index (χ0n) is 17.9. The van der Waals surface area contributed by atoms with E-state index in [2.05, 4.69) is 10.9 Å². The standard InChI is InChI=1S/C22H44N2O4/c25-21(26)17-13-9-5-1-3-7-11-15-19-23-24-20-16-12-8-4-2-6-10-14-18-22(27)28/h23-24H,1-20H2,(H,25,26)(H,27,28). The fraction of sp³-hybridized carbons (Fsp3) is 0.909. The number of carboxylic acid groups (broad SMARTS) is 2. The highest BCUT2D eigenvalue weighted by Gasteiger charge is 1.98. The normalized spacial score (nSPS) is 11.0. The van der Waals surface area contributed by atoms with Crippen molar-refractivity contribution in [2.24, 2.45) is 0 Å². The molecule has 0 spiro atoms.